The van der Waals surface area contributed by atoms with Crippen molar-refractivity contribution in [3.05, 3.63) is 0 Å². The Kier molecular flexibility index (Phi) is 2.66. The van der Waals surface area contributed by atoms with Crippen molar-refractivity contribution >= 4 is 0 Å². The van der Waals surface area contributed by atoms with Gasteiger partial charge in [-0.3, -0.25) is 0 Å². The number of aliphatic hydroxyl groups is 1. The van der Waals surface area contributed by atoms with E-state index in [0.29, 0.717) is 0 Å². The number of aliphatic hydroxyl groups excluding tert-OH is 1. The van der Waals surface area contributed by atoms with Crippen LogP contribution in [0.2, 0.25) is 0 Å². The van der Waals surface area contributed by atoms with Gasteiger partial charge in [0.2, 0.25) is 0 Å². The van der Waals surface area contributed by atoms with Crippen LogP contribution in [-0.4, -0.2) is 23.9 Å². The maximum absolute atomic E-state index is 9.58. The lowest BCUT2D eigenvalue weighted by Gasteiger charge is -2.27. The van der Waals surface area contributed by atoms with Crippen LogP contribution in [0.3, 0.4) is 0 Å². The number of rotatable bonds is 3. The van der Waals surface area contributed by atoms with Crippen molar-refractivity contribution in [1.29, 1.82) is 0 Å². The molecule has 2 rings (SSSR count). The SMILES string of the molecule is O[C@H]1CCCC[C@@H]1OCC1CC1. The van der Waals surface area contributed by atoms with Crippen LogP contribution in [0.5, 0.6) is 0 Å². The van der Waals surface area contributed by atoms with Crippen LogP contribution in [0, 0.1) is 5.92 Å². The van der Waals surface area contributed by atoms with Gasteiger partial charge in [0, 0.05) is 6.61 Å². The molecule has 0 aliphatic heterocycles. The highest BCUT2D eigenvalue weighted by molar-refractivity contribution is 4.77. The van der Waals surface area contributed by atoms with E-state index in [1.165, 1.54) is 25.7 Å². The summed E-state index contributed by atoms with van der Waals surface area (Å²) in [6.07, 6.45) is 7.04. The summed E-state index contributed by atoms with van der Waals surface area (Å²) in [5.74, 6) is 0.819. The second-order valence-corrected chi connectivity index (χ2v) is 4.17. The van der Waals surface area contributed by atoms with Gasteiger partial charge in [0.1, 0.15) is 0 Å². The zero-order valence-electron chi connectivity index (χ0n) is 7.54. The van der Waals surface area contributed by atoms with E-state index >= 15 is 0 Å². The summed E-state index contributed by atoms with van der Waals surface area (Å²) in [5, 5.41) is 9.58. The quantitative estimate of drug-likeness (QED) is 0.698. The Morgan fingerprint density at radius 1 is 1.08 bits per heavy atom. The van der Waals surface area contributed by atoms with Gasteiger partial charge in [-0.05, 0) is 31.6 Å². The molecular weight excluding hydrogens is 152 g/mol. The Morgan fingerprint density at radius 2 is 1.83 bits per heavy atom. The molecule has 0 spiro atoms. The topological polar surface area (TPSA) is 29.5 Å². The molecule has 2 atom stereocenters. The largest absolute Gasteiger partial charge is 0.390 e. The summed E-state index contributed by atoms with van der Waals surface area (Å²) in [6, 6.07) is 0. The van der Waals surface area contributed by atoms with Crippen LogP contribution in [0.1, 0.15) is 38.5 Å². The highest BCUT2D eigenvalue weighted by Gasteiger charge is 2.27. The van der Waals surface area contributed by atoms with Gasteiger partial charge >= 0.3 is 0 Å². The monoisotopic (exact) mass is 170 g/mol. The van der Waals surface area contributed by atoms with Gasteiger partial charge in [0.25, 0.3) is 0 Å². The van der Waals surface area contributed by atoms with E-state index in [1.54, 1.807) is 0 Å². The van der Waals surface area contributed by atoms with Gasteiger partial charge in [-0.2, -0.15) is 0 Å². The van der Waals surface area contributed by atoms with Crippen molar-refractivity contribution in [1.82, 2.24) is 0 Å². The standard InChI is InChI=1S/C10H18O2/c11-9-3-1-2-4-10(9)12-7-8-5-6-8/h8-11H,1-7H2/t9-,10-/m0/s1. The minimum Gasteiger partial charge on any atom is -0.390 e. The molecule has 0 heterocycles. The zero-order valence-corrected chi connectivity index (χ0v) is 7.54. The molecule has 0 radical (unpaired) electrons. The minimum atomic E-state index is -0.183. The van der Waals surface area contributed by atoms with Crippen LogP contribution >= 0.6 is 0 Å². The van der Waals surface area contributed by atoms with Crippen molar-refractivity contribution in [3.8, 4) is 0 Å². The molecule has 0 unspecified atom stereocenters. The molecule has 12 heavy (non-hydrogen) atoms. The first kappa shape index (κ1) is 8.52. The Balaban J connectivity index is 1.68. The predicted molar refractivity (Wildman–Crippen MR) is 46.9 cm³/mol. The molecule has 2 nitrogen and oxygen atoms in total. The first-order valence-corrected chi connectivity index (χ1v) is 5.16. The van der Waals surface area contributed by atoms with E-state index in [-0.39, 0.29) is 12.2 Å². The van der Waals surface area contributed by atoms with Crippen LogP contribution in [0.15, 0.2) is 0 Å². The second kappa shape index (κ2) is 3.75. The van der Waals surface area contributed by atoms with E-state index in [2.05, 4.69) is 0 Å². The third-order valence-corrected chi connectivity index (χ3v) is 2.91. The third-order valence-electron chi connectivity index (χ3n) is 2.91. The predicted octanol–water partition coefficient (Wildman–Crippen LogP) is 1.72. The average Bonchev–Trinajstić information content (AvgIpc) is 2.86. The molecule has 0 aromatic carbocycles. The zero-order chi connectivity index (χ0) is 8.39. The molecule has 2 aliphatic rings. The van der Waals surface area contributed by atoms with Gasteiger partial charge < -0.3 is 9.84 Å². The Morgan fingerprint density at radius 3 is 2.50 bits per heavy atom. The van der Waals surface area contributed by atoms with Crippen LogP contribution < -0.4 is 0 Å². The molecule has 0 bridgehead atoms. The summed E-state index contributed by atoms with van der Waals surface area (Å²) in [5.41, 5.74) is 0. The number of hydrogen-bond donors (Lipinski definition) is 1. The first-order chi connectivity index (χ1) is 5.86. The minimum absolute atomic E-state index is 0.152. The Labute approximate surface area is 73.9 Å². The summed E-state index contributed by atoms with van der Waals surface area (Å²) < 4.78 is 5.67. The lowest BCUT2D eigenvalue weighted by molar-refractivity contribution is -0.0618. The maximum Gasteiger partial charge on any atom is 0.0834 e. The molecule has 2 heteroatoms. The fourth-order valence-electron chi connectivity index (χ4n) is 1.82. The number of hydrogen-bond acceptors (Lipinski definition) is 2. The summed E-state index contributed by atoms with van der Waals surface area (Å²) in [6.45, 7) is 0.891. The summed E-state index contributed by atoms with van der Waals surface area (Å²) in [4.78, 5) is 0. The molecule has 0 aromatic rings. The van der Waals surface area contributed by atoms with Gasteiger partial charge in [-0.1, -0.05) is 12.8 Å². The van der Waals surface area contributed by atoms with Gasteiger partial charge in [0.15, 0.2) is 0 Å². The van der Waals surface area contributed by atoms with E-state index < -0.39 is 0 Å². The maximum atomic E-state index is 9.58. The lowest BCUT2D eigenvalue weighted by atomic mass is 9.95. The van der Waals surface area contributed by atoms with Crippen molar-refractivity contribution in [2.24, 2.45) is 5.92 Å². The van der Waals surface area contributed by atoms with Crippen molar-refractivity contribution in [2.75, 3.05) is 6.61 Å². The highest BCUT2D eigenvalue weighted by Crippen LogP contribution is 2.30. The van der Waals surface area contributed by atoms with E-state index in [4.69, 9.17) is 4.74 Å². The molecular formula is C10H18O2. The van der Waals surface area contributed by atoms with Crippen molar-refractivity contribution in [3.63, 3.8) is 0 Å². The van der Waals surface area contributed by atoms with Gasteiger partial charge in [-0.15, -0.1) is 0 Å². The second-order valence-electron chi connectivity index (χ2n) is 4.17. The van der Waals surface area contributed by atoms with E-state index in [0.717, 1.165) is 25.4 Å². The third kappa shape index (κ3) is 2.20. The highest BCUT2D eigenvalue weighted by atomic mass is 16.5. The Bertz CT molecular complexity index is 143. The average molecular weight is 170 g/mol. The smallest absolute Gasteiger partial charge is 0.0834 e. The van der Waals surface area contributed by atoms with Crippen LogP contribution in [-0.2, 0) is 4.74 Å². The fourth-order valence-corrected chi connectivity index (χ4v) is 1.82. The van der Waals surface area contributed by atoms with E-state index in [1.807, 2.05) is 0 Å². The number of ether oxygens (including phenoxy) is 1. The molecule has 1 N–H and O–H groups in total. The molecule has 2 aliphatic carbocycles. The fraction of sp³-hybridized carbons (Fsp3) is 1.00. The van der Waals surface area contributed by atoms with Crippen LogP contribution in [0.4, 0.5) is 0 Å². The molecule has 2 saturated carbocycles. The summed E-state index contributed by atoms with van der Waals surface area (Å²) >= 11 is 0. The first-order valence-electron chi connectivity index (χ1n) is 5.16. The summed E-state index contributed by atoms with van der Waals surface area (Å²) in [7, 11) is 0. The van der Waals surface area contributed by atoms with Crippen molar-refractivity contribution in [2.45, 2.75) is 50.7 Å². The molecule has 0 amide bonds. The lowest BCUT2D eigenvalue weighted by Crippen LogP contribution is -2.32. The van der Waals surface area contributed by atoms with Gasteiger partial charge in [0.05, 0.1) is 12.2 Å². The normalized spacial score (nSPS) is 36.8. The van der Waals surface area contributed by atoms with Crippen molar-refractivity contribution < 1.29 is 9.84 Å². The molecule has 70 valence electrons. The van der Waals surface area contributed by atoms with Crippen LogP contribution in [0.25, 0.3) is 0 Å². The van der Waals surface area contributed by atoms with E-state index in [9.17, 15) is 5.11 Å². The molecule has 0 aromatic heterocycles. The molecule has 0 saturated heterocycles. The molecule has 2 fully saturated rings. The Hall–Kier alpha value is -0.0800. The van der Waals surface area contributed by atoms with Gasteiger partial charge in [-0.25, -0.2) is 0 Å².